The van der Waals surface area contributed by atoms with Gasteiger partial charge in [-0.05, 0) is 40.2 Å². The maximum absolute atomic E-state index is 12.7. The third kappa shape index (κ3) is 3.17. The smallest absolute Gasteiger partial charge is 0.339 e. The number of amides is 1. The summed E-state index contributed by atoms with van der Waals surface area (Å²) in [6.07, 6.45) is 1.62. The third-order valence-corrected chi connectivity index (χ3v) is 4.94. The molecule has 1 aliphatic rings. The molecule has 0 spiro atoms. The van der Waals surface area contributed by atoms with Crippen molar-refractivity contribution in [2.75, 3.05) is 12.0 Å². The predicted octanol–water partition coefficient (Wildman–Crippen LogP) is 4.23. The highest BCUT2D eigenvalue weighted by Crippen LogP contribution is 2.37. The monoisotopic (exact) mass is 423 g/mol. The molecule has 0 saturated carbocycles. The number of rotatable bonds is 3. The summed E-state index contributed by atoms with van der Waals surface area (Å²) >= 11 is 9.68. The number of esters is 1. The lowest BCUT2D eigenvalue weighted by Crippen LogP contribution is -2.29. The molecule has 0 unspecified atom stereocenters. The van der Waals surface area contributed by atoms with Crippen LogP contribution >= 0.6 is 39.9 Å². The van der Waals surface area contributed by atoms with E-state index in [9.17, 15) is 9.59 Å². The summed E-state index contributed by atoms with van der Waals surface area (Å²) in [5, 5.41) is 0. The number of para-hydroxylation sites is 1. The number of methoxy groups -OCH3 is 1. The summed E-state index contributed by atoms with van der Waals surface area (Å²) in [7, 11) is 1.29. The van der Waals surface area contributed by atoms with Crippen molar-refractivity contribution in [2.24, 2.45) is 0 Å². The van der Waals surface area contributed by atoms with Crippen LogP contribution in [0.25, 0.3) is 6.08 Å². The summed E-state index contributed by atoms with van der Waals surface area (Å²) in [5.41, 5.74) is 0.675. The van der Waals surface area contributed by atoms with Crippen LogP contribution in [0.1, 0.15) is 16.1 Å². The summed E-state index contributed by atoms with van der Waals surface area (Å²) in [6, 6.07) is 10.1. The van der Waals surface area contributed by atoms with Crippen LogP contribution in [0.4, 0.5) is 5.69 Å². The Balaban J connectivity index is 1.99. The Labute approximate surface area is 155 Å². The van der Waals surface area contributed by atoms with E-state index in [0.717, 1.165) is 11.8 Å². The third-order valence-electron chi connectivity index (χ3n) is 3.21. The first-order valence-electron chi connectivity index (χ1n) is 6.72. The van der Waals surface area contributed by atoms with Crippen molar-refractivity contribution in [1.82, 2.24) is 0 Å². The van der Waals surface area contributed by atoms with E-state index >= 15 is 0 Å². The first-order valence-corrected chi connectivity index (χ1v) is 8.73. The Morgan fingerprint density at radius 3 is 2.75 bits per heavy atom. The Bertz CT molecular complexity index is 874. The highest BCUT2D eigenvalue weighted by Gasteiger charge is 2.35. The molecular formula is C16H10BrNO4S2. The molecule has 0 atom stereocenters. The number of thiocarbonyl (C=S) groups is 1. The van der Waals surface area contributed by atoms with Crippen LogP contribution in [-0.4, -0.2) is 23.3 Å². The van der Waals surface area contributed by atoms with Crippen LogP contribution in [0.2, 0.25) is 0 Å². The van der Waals surface area contributed by atoms with Gasteiger partial charge in [0.15, 0.2) is 8.99 Å². The van der Waals surface area contributed by atoms with Crippen molar-refractivity contribution in [3.63, 3.8) is 0 Å². The number of hydrogen-bond acceptors (Lipinski definition) is 6. The number of benzene rings is 1. The fourth-order valence-corrected chi connectivity index (χ4v) is 3.75. The van der Waals surface area contributed by atoms with Gasteiger partial charge in [-0.15, -0.1) is 0 Å². The van der Waals surface area contributed by atoms with Crippen LogP contribution in [-0.2, 0) is 9.53 Å². The lowest BCUT2D eigenvalue weighted by molar-refractivity contribution is -0.113. The van der Waals surface area contributed by atoms with Gasteiger partial charge in [0.25, 0.3) is 5.91 Å². The first-order chi connectivity index (χ1) is 11.5. The number of furan rings is 1. The lowest BCUT2D eigenvalue weighted by atomic mass is 10.1. The minimum atomic E-state index is -0.529. The second kappa shape index (κ2) is 6.92. The van der Waals surface area contributed by atoms with E-state index in [-0.39, 0.29) is 11.5 Å². The molecule has 24 heavy (non-hydrogen) atoms. The first kappa shape index (κ1) is 16.9. The highest BCUT2D eigenvalue weighted by molar-refractivity contribution is 9.10. The van der Waals surface area contributed by atoms with Crippen molar-refractivity contribution in [1.29, 1.82) is 0 Å². The molecule has 1 saturated heterocycles. The number of carbonyl (C=O) groups is 2. The van der Waals surface area contributed by atoms with E-state index in [0.29, 0.717) is 25.3 Å². The molecule has 0 radical (unpaired) electrons. The van der Waals surface area contributed by atoms with Gasteiger partial charge in [-0.3, -0.25) is 9.69 Å². The second-order valence-electron chi connectivity index (χ2n) is 4.67. The zero-order valence-corrected chi connectivity index (χ0v) is 15.5. The van der Waals surface area contributed by atoms with Gasteiger partial charge >= 0.3 is 5.97 Å². The van der Waals surface area contributed by atoms with E-state index in [4.69, 9.17) is 21.4 Å². The molecule has 2 aromatic rings. The van der Waals surface area contributed by atoms with Gasteiger partial charge in [-0.1, -0.05) is 36.1 Å². The normalized spacial score (nSPS) is 16.1. The van der Waals surface area contributed by atoms with Crippen molar-refractivity contribution < 1.29 is 18.7 Å². The lowest BCUT2D eigenvalue weighted by Gasteiger charge is -2.17. The SMILES string of the molecule is COC(=O)c1ccccc1N1C(=O)/C(=C\c2ccc(Br)o2)SC1=S. The van der Waals surface area contributed by atoms with Crippen LogP contribution in [0.5, 0.6) is 0 Å². The molecular weight excluding hydrogens is 414 g/mol. The fourth-order valence-electron chi connectivity index (χ4n) is 2.16. The van der Waals surface area contributed by atoms with Gasteiger partial charge in [0.05, 0.1) is 23.3 Å². The molecule has 5 nitrogen and oxygen atoms in total. The maximum Gasteiger partial charge on any atom is 0.339 e. The van der Waals surface area contributed by atoms with Gasteiger partial charge in [0.1, 0.15) is 5.76 Å². The van der Waals surface area contributed by atoms with Crippen molar-refractivity contribution >= 4 is 67.9 Å². The van der Waals surface area contributed by atoms with E-state index in [1.165, 1.54) is 12.0 Å². The topological polar surface area (TPSA) is 59.8 Å². The quantitative estimate of drug-likeness (QED) is 0.418. The van der Waals surface area contributed by atoms with Gasteiger partial charge in [-0.2, -0.15) is 0 Å². The number of ether oxygens (including phenoxy) is 1. The van der Waals surface area contributed by atoms with Gasteiger partial charge < -0.3 is 9.15 Å². The molecule has 1 aromatic carbocycles. The number of halogens is 1. The van der Waals surface area contributed by atoms with Gasteiger partial charge in [-0.25, -0.2) is 4.79 Å². The fraction of sp³-hybridized carbons (Fsp3) is 0.0625. The van der Waals surface area contributed by atoms with E-state index in [1.807, 2.05) is 0 Å². The molecule has 2 heterocycles. The summed E-state index contributed by atoms with van der Waals surface area (Å²) in [6.45, 7) is 0. The zero-order valence-electron chi connectivity index (χ0n) is 12.3. The van der Waals surface area contributed by atoms with Crippen molar-refractivity contribution in [3.05, 3.63) is 57.3 Å². The van der Waals surface area contributed by atoms with Crippen LogP contribution in [0.3, 0.4) is 0 Å². The number of anilines is 1. The Morgan fingerprint density at radius 1 is 1.33 bits per heavy atom. The van der Waals surface area contributed by atoms with Crippen LogP contribution in [0.15, 0.2) is 50.4 Å². The van der Waals surface area contributed by atoms with E-state index in [1.54, 1.807) is 42.5 Å². The van der Waals surface area contributed by atoms with Gasteiger partial charge in [0.2, 0.25) is 0 Å². The minimum Gasteiger partial charge on any atom is -0.465 e. The average Bonchev–Trinajstić information content (AvgIpc) is 3.10. The van der Waals surface area contributed by atoms with Crippen molar-refractivity contribution in [3.8, 4) is 0 Å². The minimum absolute atomic E-state index is 0.276. The molecule has 0 aliphatic carbocycles. The van der Waals surface area contributed by atoms with Gasteiger partial charge in [0, 0.05) is 6.08 Å². The van der Waals surface area contributed by atoms with Crippen molar-refractivity contribution in [2.45, 2.75) is 0 Å². The molecule has 122 valence electrons. The summed E-state index contributed by atoms with van der Waals surface area (Å²) in [5.74, 6) is -0.309. The summed E-state index contributed by atoms with van der Waals surface area (Å²) in [4.78, 5) is 26.4. The molecule has 8 heteroatoms. The average molecular weight is 424 g/mol. The molecule has 1 aliphatic heterocycles. The van der Waals surface area contributed by atoms with E-state index < -0.39 is 5.97 Å². The molecule has 0 N–H and O–H groups in total. The zero-order chi connectivity index (χ0) is 17.3. The molecule has 1 fully saturated rings. The highest BCUT2D eigenvalue weighted by atomic mass is 79.9. The van der Waals surface area contributed by atoms with Crippen LogP contribution in [0, 0.1) is 0 Å². The second-order valence-corrected chi connectivity index (χ2v) is 7.13. The standard InChI is InChI=1S/C16H10BrNO4S2/c1-21-15(20)10-4-2-3-5-11(10)18-14(19)12(24-16(18)23)8-9-6-7-13(17)22-9/h2-8H,1H3/b12-8+. The molecule has 0 bridgehead atoms. The summed E-state index contributed by atoms with van der Waals surface area (Å²) < 4.78 is 11.1. The molecule has 3 rings (SSSR count). The number of thioether (sulfide) groups is 1. The maximum atomic E-state index is 12.7. The number of hydrogen-bond donors (Lipinski definition) is 0. The molecule has 1 aromatic heterocycles. The Kier molecular flexibility index (Phi) is 4.88. The van der Waals surface area contributed by atoms with Crippen LogP contribution < -0.4 is 4.90 Å². The van der Waals surface area contributed by atoms with E-state index in [2.05, 4.69) is 15.9 Å². The predicted molar refractivity (Wildman–Crippen MR) is 99.8 cm³/mol. The Hall–Kier alpha value is -1.90. The largest absolute Gasteiger partial charge is 0.465 e. The Morgan fingerprint density at radius 2 is 2.08 bits per heavy atom. The molecule has 1 amide bonds. The number of carbonyl (C=O) groups excluding carboxylic acids is 2. The number of nitrogens with zero attached hydrogens (tertiary/aromatic N) is 1.